The molecule has 0 aliphatic carbocycles. The topological polar surface area (TPSA) is 38.5 Å². The molecule has 4 nitrogen and oxygen atoms in total. The van der Waals surface area contributed by atoms with Gasteiger partial charge in [0, 0.05) is 11.6 Å². The van der Waals surface area contributed by atoms with E-state index in [1.165, 1.54) is 29.2 Å². The van der Waals surface area contributed by atoms with Crippen LogP contribution in [0.3, 0.4) is 0 Å². The van der Waals surface area contributed by atoms with Gasteiger partial charge in [-0.25, -0.2) is 0 Å². The standard InChI is InChI=1S/C25H25ClN2O2/c26-22-7-8-24-23(16-22)25(27-30-24)29-14-11-18-9-12-28(13-10-18)17-19-5-6-20-3-1-2-4-21(20)15-19/h1-8,15-16,18H,9-14,17H2. The van der Waals surface area contributed by atoms with Gasteiger partial charge in [-0.2, -0.15) is 0 Å². The lowest BCUT2D eigenvalue weighted by Gasteiger charge is -2.32. The zero-order valence-electron chi connectivity index (χ0n) is 16.9. The quantitative estimate of drug-likeness (QED) is 0.366. The molecule has 0 spiro atoms. The molecule has 1 saturated heterocycles. The molecule has 0 radical (unpaired) electrons. The Balaban J connectivity index is 1.10. The number of fused-ring (bicyclic) bond motifs is 2. The molecule has 5 heteroatoms. The summed E-state index contributed by atoms with van der Waals surface area (Å²) in [4.78, 5) is 2.56. The third kappa shape index (κ3) is 4.30. The van der Waals surface area contributed by atoms with Crippen LogP contribution in [0.25, 0.3) is 21.7 Å². The van der Waals surface area contributed by atoms with Crippen LogP contribution in [0, 0.1) is 5.92 Å². The number of ether oxygens (including phenoxy) is 1. The van der Waals surface area contributed by atoms with Crippen LogP contribution in [0.5, 0.6) is 5.88 Å². The first-order chi connectivity index (χ1) is 14.7. The second kappa shape index (κ2) is 8.66. The van der Waals surface area contributed by atoms with Gasteiger partial charge in [0.15, 0.2) is 5.58 Å². The minimum atomic E-state index is 0.543. The minimum absolute atomic E-state index is 0.543. The van der Waals surface area contributed by atoms with Gasteiger partial charge in [0.1, 0.15) is 0 Å². The van der Waals surface area contributed by atoms with Gasteiger partial charge < -0.3 is 9.26 Å². The van der Waals surface area contributed by atoms with Gasteiger partial charge in [-0.3, -0.25) is 4.90 Å². The highest BCUT2D eigenvalue weighted by atomic mass is 35.5. The fraction of sp³-hybridized carbons (Fsp3) is 0.320. The summed E-state index contributed by atoms with van der Waals surface area (Å²) in [6.07, 6.45) is 3.46. The Morgan fingerprint density at radius 2 is 1.83 bits per heavy atom. The summed E-state index contributed by atoms with van der Waals surface area (Å²) in [5.74, 6) is 1.24. The maximum absolute atomic E-state index is 6.07. The van der Waals surface area contributed by atoms with Crippen molar-refractivity contribution in [1.82, 2.24) is 10.1 Å². The van der Waals surface area contributed by atoms with E-state index in [2.05, 4.69) is 52.5 Å². The summed E-state index contributed by atoms with van der Waals surface area (Å²) in [6.45, 7) is 3.96. The van der Waals surface area contributed by atoms with Crippen LogP contribution in [0.2, 0.25) is 5.02 Å². The number of nitrogens with zero attached hydrogens (tertiary/aromatic N) is 2. The number of halogens is 1. The lowest BCUT2D eigenvalue weighted by atomic mass is 9.93. The second-order valence-corrected chi connectivity index (χ2v) is 8.60. The highest BCUT2D eigenvalue weighted by Crippen LogP contribution is 2.29. The van der Waals surface area contributed by atoms with Gasteiger partial charge in [0.2, 0.25) is 0 Å². The monoisotopic (exact) mass is 420 g/mol. The predicted molar refractivity (Wildman–Crippen MR) is 121 cm³/mol. The molecular formula is C25H25ClN2O2. The maximum Gasteiger partial charge on any atom is 0.262 e. The van der Waals surface area contributed by atoms with E-state index in [0.29, 0.717) is 29.0 Å². The van der Waals surface area contributed by atoms with Crippen LogP contribution in [0.15, 0.2) is 65.2 Å². The Labute approximate surface area is 181 Å². The first kappa shape index (κ1) is 19.4. The Bertz CT molecular complexity index is 1150. The number of aromatic nitrogens is 1. The highest BCUT2D eigenvalue weighted by Gasteiger charge is 2.20. The van der Waals surface area contributed by atoms with Gasteiger partial charge in [0.25, 0.3) is 5.88 Å². The van der Waals surface area contributed by atoms with Gasteiger partial charge in [-0.15, -0.1) is 0 Å². The molecule has 0 N–H and O–H groups in total. The largest absolute Gasteiger partial charge is 0.475 e. The summed E-state index contributed by atoms with van der Waals surface area (Å²) in [7, 11) is 0. The van der Waals surface area contributed by atoms with Crippen molar-refractivity contribution in [2.45, 2.75) is 25.8 Å². The number of hydrogen-bond donors (Lipinski definition) is 0. The van der Waals surface area contributed by atoms with Crippen molar-refractivity contribution >= 4 is 33.3 Å². The second-order valence-electron chi connectivity index (χ2n) is 8.17. The molecule has 3 aromatic carbocycles. The molecule has 1 aliphatic heterocycles. The van der Waals surface area contributed by atoms with Crippen molar-refractivity contribution in [3.63, 3.8) is 0 Å². The van der Waals surface area contributed by atoms with Crippen molar-refractivity contribution in [3.05, 3.63) is 71.2 Å². The molecule has 1 fully saturated rings. The van der Waals surface area contributed by atoms with Crippen LogP contribution >= 0.6 is 11.6 Å². The molecule has 4 aromatic rings. The van der Waals surface area contributed by atoms with Gasteiger partial charge in [-0.05, 0) is 84.0 Å². The van der Waals surface area contributed by atoms with Gasteiger partial charge in [0.05, 0.1) is 12.0 Å². The van der Waals surface area contributed by atoms with E-state index in [9.17, 15) is 0 Å². The van der Waals surface area contributed by atoms with Crippen molar-refractivity contribution in [2.75, 3.05) is 19.7 Å². The number of rotatable bonds is 6. The van der Waals surface area contributed by atoms with E-state index < -0.39 is 0 Å². The molecule has 0 amide bonds. The summed E-state index contributed by atoms with van der Waals surface area (Å²) in [5.41, 5.74) is 2.10. The van der Waals surface area contributed by atoms with E-state index in [1.807, 2.05) is 12.1 Å². The van der Waals surface area contributed by atoms with E-state index in [4.69, 9.17) is 20.9 Å². The molecule has 1 aliphatic rings. The smallest absolute Gasteiger partial charge is 0.262 e. The summed E-state index contributed by atoms with van der Waals surface area (Å²) in [6, 6.07) is 20.8. The van der Waals surface area contributed by atoms with Crippen LogP contribution in [0.1, 0.15) is 24.8 Å². The van der Waals surface area contributed by atoms with Crippen molar-refractivity contribution in [1.29, 1.82) is 0 Å². The van der Waals surface area contributed by atoms with E-state index in [1.54, 1.807) is 6.07 Å². The number of hydrogen-bond acceptors (Lipinski definition) is 4. The van der Waals surface area contributed by atoms with E-state index in [-0.39, 0.29) is 0 Å². The average molecular weight is 421 g/mol. The zero-order valence-corrected chi connectivity index (χ0v) is 17.6. The van der Waals surface area contributed by atoms with Gasteiger partial charge >= 0.3 is 0 Å². The Kier molecular flexibility index (Phi) is 5.60. The Morgan fingerprint density at radius 3 is 2.70 bits per heavy atom. The van der Waals surface area contributed by atoms with Crippen LogP contribution in [-0.2, 0) is 6.54 Å². The van der Waals surface area contributed by atoms with Crippen LogP contribution in [0.4, 0.5) is 0 Å². The molecule has 5 rings (SSSR count). The lowest BCUT2D eigenvalue weighted by molar-refractivity contribution is 0.156. The zero-order chi connectivity index (χ0) is 20.3. The molecule has 0 saturated carbocycles. The Hall–Kier alpha value is -2.56. The molecule has 154 valence electrons. The van der Waals surface area contributed by atoms with Crippen LogP contribution in [-0.4, -0.2) is 29.8 Å². The van der Waals surface area contributed by atoms with Crippen LogP contribution < -0.4 is 4.74 Å². The highest BCUT2D eigenvalue weighted by molar-refractivity contribution is 6.31. The Morgan fingerprint density at radius 1 is 1.00 bits per heavy atom. The molecule has 0 atom stereocenters. The normalized spacial score (nSPS) is 15.8. The van der Waals surface area contributed by atoms with E-state index in [0.717, 1.165) is 31.4 Å². The summed E-state index contributed by atoms with van der Waals surface area (Å²) in [5, 5.41) is 8.17. The van der Waals surface area contributed by atoms with Gasteiger partial charge in [-0.1, -0.05) is 48.0 Å². The predicted octanol–water partition coefficient (Wildman–Crippen LogP) is 6.32. The lowest BCUT2D eigenvalue weighted by Crippen LogP contribution is -2.33. The average Bonchev–Trinajstić information content (AvgIpc) is 3.17. The van der Waals surface area contributed by atoms with Crippen molar-refractivity contribution in [3.8, 4) is 5.88 Å². The molecule has 0 unspecified atom stereocenters. The molecule has 30 heavy (non-hydrogen) atoms. The molecule has 0 bridgehead atoms. The number of benzene rings is 3. The molecular weight excluding hydrogens is 396 g/mol. The minimum Gasteiger partial charge on any atom is -0.475 e. The molecule has 1 aromatic heterocycles. The van der Waals surface area contributed by atoms with E-state index >= 15 is 0 Å². The summed E-state index contributed by atoms with van der Waals surface area (Å²) >= 11 is 6.07. The first-order valence-corrected chi connectivity index (χ1v) is 11.0. The third-order valence-corrected chi connectivity index (χ3v) is 6.33. The maximum atomic E-state index is 6.07. The number of piperidine rings is 1. The summed E-state index contributed by atoms with van der Waals surface area (Å²) < 4.78 is 11.2. The molecule has 2 heterocycles. The number of likely N-dealkylation sites (tertiary alicyclic amines) is 1. The SMILES string of the molecule is Clc1ccc2onc(OCCC3CCN(Cc4ccc5ccccc5c4)CC3)c2c1. The van der Waals surface area contributed by atoms with Crippen molar-refractivity contribution in [2.24, 2.45) is 5.92 Å². The van der Waals surface area contributed by atoms with Crippen molar-refractivity contribution < 1.29 is 9.26 Å². The fourth-order valence-corrected chi connectivity index (χ4v) is 4.52. The fourth-order valence-electron chi connectivity index (χ4n) is 4.34. The first-order valence-electron chi connectivity index (χ1n) is 10.6. The third-order valence-electron chi connectivity index (χ3n) is 6.09.